The van der Waals surface area contributed by atoms with Crippen molar-refractivity contribution >= 4 is 15.7 Å². The van der Waals surface area contributed by atoms with E-state index in [1.807, 2.05) is 0 Å². The summed E-state index contributed by atoms with van der Waals surface area (Å²) >= 11 is 0. The summed E-state index contributed by atoms with van der Waals surface area (Å²) in [4.78, 5) is 11.8. The van der Waals surface area contributed by atoms with E-state index in [2.05, 4.69) is 10.6 Å². The molecule has 2 saturated heterocycles. The van der Waals surface area contributed by atoms with Crippen LogP contribution in [0.25, 0.3) is 0 Å². The van der Waals surface area contributed by atoms with Gasteiger partial charge in [-0.1, -0.05) is 0 Å². The van der Waals surface area contributed by atoms with Crippen LogP contribution in [0.15, 0.2) is 0 Å². The minimum atomic E-state index is -2.94. The third-order valence-electron chi connectivity index (χ3n) is 3.68. The van der Waals surface area contributed by atoms with Gasteiger partial charge in [-0.2, -0.15) is 0 Å². The predicted molar refractivity (Wildman–Crippen MR) is 65.4 cm³/mol. The van der Waals surface area contributed by atoms with Crippen molar-refractivity contribution < 1.29 is 13.2 Å². The molecule has 1 amide bonds. The van der Waals surface area contributed by atoms with Crippen LogP contribution in [0.2, 0.25) is 0 Å². The minimum Gasteiger partial charge on any atom is -0.355 e. The molecule has 0 spiro atoms. The van der Waals surface area contributed by atoms with Crippen LogP contribution < -0.4 is 10.6 Å². The topological polar surface area (TPSA) is 75.3 Å². The summed E-state index contributed by atoms with van der Waals surface area (Å²) in [6, 6.07) is 0. The Morgan fingerprint density at radius 2 is 1.94 bits per heavy atom. The molecule has 2 rings (SSSR count). The number of rotatable bonds is 3. The van der Waals surface area contributed by atoms with Crippen molar-refractivity contribution in [2.45, 2.75) is 30.9 Å². The Kier molecular flexibility index (Phi) is 4.04. The van der Waals surface area contributed by atoms with Gasteiger partial charge in [-0.05, 0) is 38.8 Å². The number of sulfone groups is 1. The average Bonchev–Trinajstić information content (AvgIpc) is 2.66. The molecular weight excluding hydrogens is 240 g/mol. The summed E-state index contributed by atoms with van der Waals surface area (Å²) in [6.07, 6.45) is 3.12. The molecular formula is C11H20N2O3S. The van der Waals surface area contributed by atoms with Gasteiger partial charge in [0.25, 0.3) is 0 Å². The van der Waals surface area contributed by atoms with Crippen molar-refractivity contribution in [1.29, 1.82) is 0 Å². The Balaban J connectivity index is 1.79. The molecule has 0 aromatic carbocycles. The van der Waals surface area contributed by atoms with Crippen LogP contribution in [-0.2, 0) is 14.6 Å². The average molecular weight is 260 g/mol. The summed E-state index contributed by atoms with van der Waals surface area (Å²) in [5.74, 6) is 0.356. The summed E-state index contributed by atoms with van der Waals surface area (Å²) < 4.78 is 23.2. The predicted octanol–water partition coefficient (Wildman–Crippen LogP) is -0.321. The molecule has 5 nitrogen and oxygen atoms in total. The van der Waals surface area contributed by atoms with Gasteiger partial charge in [0.1, 0.15) is 0 Å². The molecule has 17 heavy (non-hydrogen) atoms. The third kappa shape index (κ3) is 3.19. The number of hydrogen-bond donors (Lipinski definition) is 2. The van der Waals surface area contributed by atoms with E-state index in [1.54, 1.807) is 0 Å². The number of carbonyl (C=O) groups is 1. The molecule has 2 N–H and O–H groups in total. The number of amides is 1. The van der Waals surface area contributed by atoms with Gasteiger partial charge in [0, 0.05) is 12.5 Å². The van der Waals surface area contributed by atoms with Crippen molar-refractivity contribution in [3.8, 4) is 0 Å². The standard InChI is InChI=1S/C11H20N2O3S/c14-11(9-3-5-12-6-4-9)13-8-10-2-1-7-17(10,15)16/h9-10,12H,1-8H2,(H,13,14). The monoisotopic (exact) mass is 260 g/mol. The summed E-state index contributed by atoms with van der Waals surface area (Å²) in [6.45, 7) is 2.05. The molecule has 2 aliphatic rings. The van der Waals surface area contributed by atoms with E-state index in [-0.39, 0.29) is 22.8 Å². The zero-order valence-electron chi connectivity index (χ0n) is 9.94. The maximum atomic E-state index is 11.8. The highest BCUT2D eigenvalue weighted by Crippen LogP contribution is 2.19. The van der Waals surface area contributed by atoms with Gasteiger partial charge in [-0.25, -0.2) is 8.42 Å². The first-order valence-corrected chi connectivity index (χ1v) is 8.01. The van der Waals surface area contributed by atoms with E-state index >= 15 is 0 Å². The van der Waals surface area contributed by atoms with Crippen LogP contribution in [0.3, 0.4) is 0 Å². The van der Waals surface area contributed by atoms with Gasteiger partial charge >= 0.3 is 0 Å². The fourth-order valence-electron chi connectivity index (χ4n) is 2.53. The smallest absolute Gasteiger partial charge is 0.223 e. The molecule has 2 aliphatic heterocycles. The lowest BCUT2D eigenvalue weighted by Crippen LogP contribution is -2.41. The van der Waals surface area contributed by atoms with E-state index in [0.29, 0.717) is 13.0 Å². The van der Waals surface area contributed by atoms with Crippen molar-refractivity contribution in [1.82, 2.24) is 10.6 Å². The number of carbonyl (C=O) groups excluding carboxylic acids is 1. The summed E-state index contributed by atoms with van der Waals surface area (Å²) in [7, 11) is -2.94. The molecule has 0 saturated carbocycles. The normalized spacial score (nSPS) is 29.1. The van der Waals surface area contributed by atoms with Gasteiger partial charge < -0.3 is 10.6 Å². The lowest BCUT2D eigenvalue weighted by atomic mass is 9.97. The van der Waals surface area contributed by atoms with Crippen molar-refractivity contribution in [2.24, 2.45) is 5.92 Å². The molecule has 98 valence electrons. The molecule has 2 heterocycles. The highest BCUT2D eigenvalue weighted by molar-refractivity contribution is 7.92. The fraction of sp³-hybridized carbons (Fsp3) is 0.909. The van der Waals surface area contributed by atoms with Gasteiger partial charge in [-0.3, -0.25) is 4.79 Å². The van der Waals surface area contributed by atoms with E-state index in [4.69, 9.17) is 0 Å². The number of nitrogens with one attached hydrogen (secondary N) is 2. The van der Waals surface area contributed by atoms with E-state index in [9.17, 15) is 13.2 Å². The van der Waals surface area contributed by atoms with Gasteiger partial charge in [-0.15, -0.1) is 0 Å². The lowest BCUT2D eigenvalue weighted by molar-refractivity contribution is -0.125. The summed E-state index contributed by atoms with van der Waals surface area (Å²) in [5.41, 5.74) is 0. The van der Waals surface area contributed by atoms with Gasteiger partial charge in [0.2, 0.25) is 5.91 Å². The quantitative estimate of drug-likeness (QED) is 0.729. The van der Waals surface area contributed by atoms with Crippen LogP contribution in [0.5, 0.6) is 0 Å². The molecule has 1 unspecified atom stereocenters. The first kappa shape index (κ1) is 12.8. The Morgan fingerprint density at radius 3 is 2.53 bits per heavy atom. The zero-order valence-corrected chi connectivity index (χ0v) is 10.8. The van der Waals surface area contributed by atoms with Crippen LogP contribution >= 0.6 is 0 Å². The zero-order chi connectivity index (χ0) is 12.3. The maximum Gasteiger partial charge on any atom is 0.223 e. The highest BCUT2D eigenvalue weighted by atomic mass is 32.2. The number of piperidine rings is 1. The van der Waals surface area contributed by atoms with Crippen LogP contribution in [0.4, 0.5) is 0 Å². The van der Waals surface area contributed by atoms with Crippen molar-refractivity contribution in [2.75, 3.05) is 25.4 Å². The molecule has 0 radical (unpaired) electrons. The second kappa shape index (κ2) is 5.35. The van der Waals surface area contributed by atoms with Crippen LogP contribution in [-0.4, -0.2) is 45.0 Å². The molecule has 2 fully saturated rings. The second-order valence-corrected chi connectivity index (χ2v) is 7.30. The van der Waals surface area contributed by atoms with Gasteiger partial charge in [0.15, 0.2) is 9.84 Å². The van der Waals surface area contributed by atoms with E-state index in [1.165, 1.54) is 0 Å². The van der Waals surface area contributed by atoms with Crippen LogP contribution in [0, 0.1) is 5.92 Å². The Hall–Kier alpha value is -0.620. The van der Waals surface area contributed by atoms with Crippen molar-refractivity contribution in [3.63, 3.8) is 0 Å². The second-order valence-electron chi connectivity index (χ2n) is 4.90. The lowest BCUT2D eigenvalue weighted by Gasteiger charge is -2.22. The van der Waals surface area contributed by atoms with E-state index < -0.39 is 9.84 Å². The fourth-order valence-corrected chi connectivity index (χ4v) is 4.30. The SMILES string of the molecule is O=C(NCC1CCCS1(=O)=O)C1CCNCC1. The summed E-state index contributed by atoms with van der Waals surface area (Å²) in [5, 5.41) is 5.65. The molecule has 0 aliphatic carbocycles. The molecule has 6 heteroatoms. The highest BCUT2D eigenvalue weighted by Gasteiger charge is 2.32. The van der Waals surface area contributed by atoms with E-state index in [0.717, 1.165) is 32.4 Å². The Bertz CT molecular complexity index is 374. The third-order valence-corrected chi connectivity index (χ3v) is 5.95. The maximum absolute atomic E-state index is 11.8. The largest absolute Gasteiger partial charge is 0.355 e. The molecule has 1 atom stereocenters. The van der Waals surface area contributed by atoms with Gasteiger partial charge in [0.05, 0.1) is 11.0 Å². The van der Waals surface area contributed by atoms with Crippen LogP contribution in [0.1, 0.15) is 25.7 Å². The molecule has 0 bridgehead atoms. The minimum absolute atomic E-state index is 0.0219. The van der Waals surface area contributed by atoms with Crippen molar-refractivity contribution in [3.05, 3.63) is 0 Å². The molecule has 0 aromatic heterocycles. The number of hydrogen-bond acceptors (Lipinski definition) is 4. The molecule has 0 aromatic rings. The Morgan fingerprint density at radius 1 is 1.24 bits per heavy atom. The first-order chi connectivity index (χ1) is 8.09. The first-order valence-electron chi connectivity index (χ1n) is 6.29. The Labute approximate surface area is 102 Å².